The Balaban J connectivity index is 1.36. The molecule has 0 unspecified atom stereocenters. The molecule has 4 aromatic carbocycles. The number of anilines is 3. The number of rotatable bonds is 9. The molecular weight excluding hydrogens is 474 g/mol. The number of carbonyl (C=O) groups excluding carboxylic acids is 1. The minimum Gasteiger partial charge on any atom is -0.497 e. The second-order valence-corrected chi connectivity index (χ2v) is 9.90. The molecule has 0 saturated carbocycles. The summed E-state index contributed by atoms with van der Waals surface area (Å²) in [5, 5.41) is 2.82. The van der Waals surface area contributed by atoms with Gasteiger partial charge >= 0.3 is 0 Å². The number of nitrogen functional groups attached to an aromatic ring is 1. The van der Waals surface area contributed by atoms with E-state index in [2.05, 4.69) is 10.0 Å². The molecule has 0 atom stereocenters. The van der Waals surface area contributed by atoms with Crippen molar-refractivity contribution in [2.45, 2.75) is 17.7 Å². The number of hydrogen-bond acceptors (Lipinski definition) is 5. The summed E-state index contributed by atoms with van der Waals surface area (Å²) in [7, 11) is -2.18. The zero-order valence-electron chi connectivity index (χ0n) is 19.8. The number of nitrogens with one attached hydrogen (secondary N) is 2. The molecule has 184 valence electrons. The molecule has 0 aliphatic carbocycles. The number of aryl methyl sites for hydroxylation is 2. The number of benzene rings is 4. The number of methoxy groups -OCH3 is 1. The Morgan fingerprint density at radius 2 is 1.53 bits per heavy atom. The van der Waals surface area contributed by atoms with Crippen molar-refractivity contribution in [3.05, 3.63) is 114 Å². The first-order valence-electron chi connectivity index (χ1n) is 11.3. The van der Waals surface area contributed by atoms with E-state index in [1.165, 1.54) is 19.2 Å². The molecule has 0 radical (unpaired) electrons. The first kappa shape index (κ1) is 24.8. The summed E-state index contributed by atoms with van der Waals surface area (Å²) < 4.78 is 33.2. The number of nitrogens with two attached hydrogens (primary N) is 1. The zero-order chi connectivity index (χ0) is 25.5. The van der Waals surface area contributed by atoms with Gasteiger partial charge in [0.25, 0.3) is 15.9 Å². The molecule has 0 aliphatic heterocycles. The lowest BCUT2D eigenvalue weighted by atomic mass is 10.0. The fourth-order valence-electron chi connectivity index (χ4n) is 3.68. The van der Waals surface area contributed by atoms with Crippen LogP contribution in [-0.4, -0.2) is 21.4 Å². The summed E-state index contributed by atoms with van der Waals surface area (Å²) in [6, 6.07) is 28.1. The maximum atomic E-state index is 12.7. The van der Waals surface area contributed by atoms with Crippen LogP contribution in [0.1, 0.15) is 21.5 Å². The van der Waals surface area contributed by atoms with Crippen LogP contribution in [0.2, 0.25) is 0 Å². The van der Waals surface area contributed by atoms with E-state index in [-0.39, 0.29) is 10.8 Å². The van der Waals surface area contributed by atoms with Crippen LogP contribution in [0.3, 0.4) is 0 Å². The van der Waals surface area contributed by atoms with Crippen molar-refractivity contribution in [2.24, 2.45) is 0 Å². The van der Waals surface area contributed by atoms with E-state index in [1.807, 2.05) is 42.5 Å². The lowest BCUT2D eigenvalue weighted by Crippen LogP contribution is -2.13. The third-order valence-electron chi connectivity index (χ3n) is 5.68. The summed E-state index contributed by atoms with van der Waals surface area (Å²) in [6.07, 6.45) is 1.45. The topological polar surface area (TPSA) is 111 Å². The molecule has 0 saturated heterocycles. The van der Waals surface area contributed by atoms with Gasteiger partial charge in [-0.25, -0.2) is 8.42 Å². The molecule has 0 aromatic heterocycles. The molecule has 0 heterocycles. The molecule has 0 fully saturated rings. The standard InChI is InChI=1S/C28H27N3O4S/c1-35-24-15-17-25(18-16-24)36(33,34)31-23-6-4-5-21(19-23)10-9-20-11-13-22(14-12-20)28(32)30-27-8-3-2-7-26(27)29/h2-8,11-19,31H,9-10,29H2,1H3,(H,30,32). The highest BCUT2D eigenvalue weighted by Crippen LogP contribution is 2.21. The van der Waals surface area contributed by atoms with Crippen LogP contribution in [0.15, 0.2) is 102 Å². The highest BCUT2D eigenvalue weighted by atomic mass is 32.2. The van der Waals surface area contributed by atoms with E-state index in [1.54, 1.807) is 42.5 Å². The highest BCUT2D eigenvalue weighted by Gasteiger charge is 2.14. The molecule has 1 amide bonds. The Hall–Kier alpha value is -4.30. The second kappa shape index (κ2) is 11.0. The van der Waals surface area contributed by atoms with Crippen LogP contribution in [0.4, 0.5) is 17.1 Å². The average Bonchev–Trinajstić information content (AvgIpc) is 2.89. The van der Waals surface area contributed by atoms with Crippen LogP contribution in [-0.2, 0) is 22.9 Å². The van der Waals surface area contributed by atoms with E-state index in [0.29, 0.717) is 34.8 Å². The van der Waals surface area contributed by atoms with Crippen LogP contribution in [0.25, 0.3) is 0 Å². The van der Waals surface area contributed by atoms with Crippen LogP contribution in [0, 0.1) is 0 Å². The Morgan fingerprint density at radius 1 is 0.833 bits per heavy atom. The molecule has 0 bridgehead atoms. The summed E-state index contributed by atoms with van der Waals surface area (Å²) in [5.41, 5.74) is 10.1. The van der Waals surface area contributed by atoms with E-state index in [0.717, 1.165) is 17.5 Å². The van der Waals surface area contributed by atoms with Crippen LogP contribution < -0.4 is 20.5 Å². The molecule has 8 heteroatoms. The molecule has 0 aliphatic rings. The zero-order valence-corrected chi connectivity index (χ0v) is 20.6. The quantitative estimate of drug-likeness (QED) is 0.276. The van der Waals surface area contributed by atoms with Crippen molar-refractivity contribution in [3.63, 3.8) is 0 Å². The summed E-state index contributed by atoms with van der Waals surface area (Å²) in [4.78, 5) is 12.7. The molecule has 36 heavy (non-hydrogen) atoms. The van der Waals surface area contributed by atoms with Gasteiger partial charge in [-0.2, -0.15) is 0 Å². The van der Waals surface area contributed by atoms with Gasteiger partial charge in [0.2, 0.25) is 0 Å². The van der Waals surface area contributed by atoms with Crippen molar-refractivity contribution in [1.82, 2.24) is 0 Å². The number of para-hydroxylation sites is 2. The van der Waals surface area contributed by atoms with Gasteiger partial charge in [0.15, 0.2) is 0 Å². The molecule has 4 N–H and O–H groups in total. The van der Waals surface area contributed by atoms with Gasteiger partial charge in [-0.3, -0.25) is 9.52 Å². The average molecular weight is 502 g/mol. The highest BCUT2D eigenvalue weighted by molar-refractivity contribution is 7.92. The Morgan fingerprint density at radius 3 is 2.22 bits per heavy atom. The summed E-state index contributed by atoms with van der Waals surface area (Å²) in [6.45, 7) is 0. The monoisotopic (exact) mass is 501 g/mol. The van der Waals surface area contributed by atoms with Gasteiger partial charge < -0.3 is 15.8 Å². The van der Waals surface area contributed by atoms with Gasteiger partial charge in [0.05, 0.1) is 23.4 Å². The SMILES string of the molecule is COc1ccc(S(=O)(=O)Nc2cccc(CCc3ccc(C(=O)Nc4ccccc4N)cc3)c2)cc1. The Kier molecular flexibility index (Phi) is 7.56. The number of hydrogen-bond donors (Lipinski definition) is 3. The van der Waals surface area contributed by atoms with Crippen molar-refractivity contribution < 1.29 is 17.9 Å². The first-order chi connectivity index (χ1) is 17.3. The minimum atomic E-state index is -3.71. The number of carbonyl (C=O) groups is 1. The lowest BCUT2D eigenvalue weighted by Gasteiger charge is -2.11. The van der Waals surface area contributed by atoms with Crippen molar-refractivity contribution in [2.75, 3.05) is 22.9 Å². The maximum Gasteiger partial charge on any atom is 0.261 e. The number of ether oxygens (including phenoxy) is 1. The third kappa shape index (κ3) is 6.22. The molecular formula is C28H27N3O4S. The summed E-state index contributed by atoms with van der Waals surface area (Å²) >= 11 is 0. The van der Waals surface area contributed by atoms with E-state index in [9.17, 15) is 13.2 Å². The van der Waals surface area contributed by atoms with Gasteiger partial charge in [0, 0.05) is 11.3 Å². The molecule has 4 rings (SSSR count). The van der Waals surface area contributed by atoms with Gasteiger partial charge in [-0.05, 0) is 84.6 Å². The van der Waals surface area contributed by atoms with Crippen molar-refractivity contribution in [1.29, 1.82) is 0 Å². The van der Waals surface area contributed by atoms with Crippen molar-refractivity contribution in [3.8, 4) is 5.75 Å². The lowest BCUT2D eigenvalue weighted by molar-refractivity contribution is 0.102. The summed E-state index contributed by atoms with van der Waals surface area (Å²) in [5.74, 6) is 0.363. The van der Waals surface area contributed by atoms with Crippen molar-refractivity contribution >= 4 is 33.0 Å². The Labute approximate surface area is 211 Å². The van der Waals surface area contributed by atoms with Gasteiger partial charge in [-0.15, -0.1) is 0 Å². The number of amides is 1. The fourth-order valence-corrected chi connectivity index (χ4v) is 4.73. The third-order valence-corrected chi connectivity index (χ3v) is 7.07. The van der Waals surface area contributed by atoms with Crippen LogP contribution in [0.5, 0.6) is 5.75 Å². The van der Waals surface area contributed by atoms with Gasteiger partial charge in [-0.1, -0.05) is 36.4 Å². The largest absolute Gasteiger partial charge is 0.497 e. The second-order valence-electron chi connectivity index (χ2n) is 8.22. The normalized spacial score (nSPS) is 11.0. The molecule has 4 aromatic rings. The number of sulfonamides is 1. The van der Waals surface area contributed by atoms with E-state index in [4.69, 9.17) is 10.5 Å². The fraction of sp³-hybridized carbons (Fsp3) is 0.107. The first-order valence-corrected chi connectivity index (χ1v) is 12.8. The Bertz CT molecular complexity index is 1450. The van der Waals surface area contributed by atoms with E-state index >= 15 is 0 Å². The van der Waals surface area contributed by atoms with E-state index < -0.39 is 10.0 Å². The van der Waals surface area contributed by atoms with Crippen LogP contribution >= 0.6 is 0 Å². The minimum absolute atomic E-state index is 0.160. The van der Waals surface area contributed by atoms with Gasteiger partial charge in [0.1, 0.15) is 5.75 Å². The smallest absolute Gasteiger partial charge is 0.261 e. The maximum absolute atomic E-state index is 12.7. The molecule has 7 nitrogen and oxygen atoms in total. The predicted octanol–water partition coefficient (Wildman–Crippen LogP) is 5.12. The molecule has 0 spiro atoms. The predicted molar refractivity (Wildman–Crippen MR) is 143 cm³/mol.